The second kappa shape index (κ2) is 10.1. The van der Waals surface area contributed by atoms with Gasteiger partial charge in [-0.3, -0.25) is 4.79 Å². The van der Waals surface area contributed by atoms with Gasteiger partial charge in [-0.1, -0.05) is 19.1 Å². The molecule has 164 valence electrons. The fourth-order valence-electron chi connectivity index (χ4n) is 3.36. The van der Waals surface area contributed by atoms with Crippen molar-refractivity contribution in [3.63, 3.8) is 0 Å². The van der Waals surface area contributed by atoms with Gasteiger partial charge in [0.15, 0.2) is 0 Å². The first-order valence-electron chi connectivity index (χ1n) is 10.2. The summed E-state index contributed by atoms with van der Waals surface area (Å²) in [5.41, 5.74) is 2.39. The number of nitrogens with zero attached hydrogens (tertiary/aromatic N) is 3. The van der Waals surface area contributed by atoms with Crippen LogP contribution >= 0.6 is 0 Å². The Morgan fingerprint density at radius 3 is 2.48 bits per heavy atom. The molecule has 1 atom stereocenters. The van der Waals surface area contributed by atoms with Crippen molar-refractivity contribution in [2.45, 2.75) is 25.8 Å². The van der Waals surface area contributed by atoms with Gasteiger partial charge in [-0.2, -0.15) is 5.10 Å². The molecule has 1 aliphatic rings. The van der Waals surface area contributed by atoms with Crippen molar-refractivity contribution in [3.8, 4) is 5.75 Å². The van der Waals surface area contributed by atoms with Crippen molar-refractivity contribution in [1.29, 1.82) is 0 Å². The molecule has 0 fully saturated rings. The predicted octanol–water partition coefficient (Wildman–Crippen LogP) is 3.56. The van der Waals surface area contributed by atoms with Gasteiger partial charge in [-0.15, -0.1) is 0 Å². The van der Waals surface area contributed by atoms with Gasteiger partial charge in [-0.25, -0.2) is 14.2 Å². The number of hydrazone groups is 1. The van der Waals surface area contributed by atoms with Crippen LogP contribution in [0.25, 0.3) is 0 Å². The minimum absolute atomic E-state index is 0.118. The first kappa shape index (κ1) is 22.3. The number of ether oxygens (including phenoxy) is 1. The monoisotopic (exact) mass is 426 g/mol. The largest absolute Gasteiger partial charge is 0.497 e. The van der Waals surface area contributed by atoms with E-state index in [0.717, 1.165) is 29.0 Å². The van der Waals surface area contributed by atoms with Gasteiger partial charge < -0.3 is 15.0 Å². The Bertz CT molecular complexity index is 944. The van der Waals surface area contributed by atoms with Crippen molar-refractivity contribution in [1.82, 2.24) is 15.2 Å². The van der Waals surface area contributed by atoms with Gasteiger partial charge in [0.25, 0.3) is 5.91 Å². The Morgan fingerprint density at radius 2 is 1.87 bits per heavy atom. The zero-order valence-corrected chi connectivity index (χ0v) is 18.0. The van der Waals surface area contributed by atoms with E-state index in [2.05, 4.69) is 10.4 Å². The second-order valence-corrected chi connectivity index (χ2v) is 7.37. The van der Waals surface area contributed by atoms with E-state index in [1.165, 1.54) is 22.0 Å². The topological polar surface area (TPSA) is 74.2 Å². The van der Waals surface area contributed by atoms with E-state index in [0.29, 0.717) is 13.0 Å². The highest BCUT2D eigenvalue weighted by Crippen LogP contribution is 2.33. The molecule has 0 spiro atoms. The van der Waals surface area contributed by atoms with Crippen LogP contribution in [0.5, 0.6) is 5.75 Å². The molecule has 2 aromatic rings. The maximum atomic E-state index is 13.4. The Kier molecular flexibility index (Phi) is 7.23. The third-order valence-corrected chi connectivity index (χ3v) is 5.09. The summed E-state index contributed by atoms with van der Waals surface area (Å²) in [6, 6.07) is 12.8. The third-order valence-electron chi connectivity index (χ3n) is 5.09. The molecule has 0 radical (unpaired) electrons. The normalized spacial score (nSPS) is 15.4. The lowest BCUT2D eigenvalue weighted by Crippen LogP contribution is -2.43. The van der Waals surface area contributed by atoms with Gasteiger partial charge in [0.05, 0.1) is 18.9 Å². The van der Waals surface area contributed by atoms with E-state index in [-0.39, 0.29) is 30.3 Å². The number of hydrogen-bond donors (Lipinski definition) is 1. The van der Waals surface area contributed by atoms with E-state index in [4.69, 9.17) is 4.74 Å². The number of urea groups is 1. The molecule has 0 saturated heterocycles. The summed E-state index contributed by atoms with van der Waals surface area (Å²) >= 11 is 0. The predicted molar refractivity (Wildman–Crippen MR) is 116 cm³/mol. The molecule has 0 aromatic heterocycles. The number of halogens is 1. The fraction of sp³-hybridized carbons (Fsp3) is 0.348. The minimum Gasteiger partial charge on any atom is -0.497 e. The summed E-state index contributed by atoms with van der Waals surface area (Å²) in [6.45, 7) is 2.38. The zero-order valence-electron chi connectivity index (χ0n) is 18.0. The van der Waals surface area contributed by atoms with Crippen LogP contribution in [-0.2, 0) is 4.79 Å². The van der Waals surface area contributed by atoms with Crippen LogP contribution in [-0.4, -0.2) is 54.8 Å². The van der Waals surface area contributed by atoms with Gasteiger partial charge in [0, 0.05) is 20.0 Å². The van der Waals surface area contributed by atoms with E-state index < -0.39 is 0 Å². The van der Waals surface area contributed by atoms with E-state index in [1.807, 2.05) is 31.2 Å². The highest BCUT2D eigenvalue weighted by molar-refractivity contribution is 6.03. The highest BCUT2D eigenvalue weighted by Gasteiger charge is 2.33. The first-order chi connectivity index (χ1) is 14.9. The molecule has 7 nitrogen and oxygen atoms in total. The van der Waals surface area contributed by atoms with E-state index in [9.17, 15) is 14.0 Å². The number of amides is 3. The quantitative estimate of drug-likeness (QED) is 0.736. The number of rotatable bonds is 7. The molecule has 1 heterocycles. The number of likely N-dealkylation sites (N-methyl/N-ethyl adjacent to an activating group) is 1. The van der Waals surface area contributed by atoms with Crippen LogP contribution in [0.3, 0.4) is 0 Å². The summed E-state index contributed by atoms with van der Waals surface area (Å²) in [5.74, 6) is 0.0697. The molecule has 0 unspecified atom stereocenters. The van der Waals surface area contributed by atoms with Crippen LogP contribution in [0.15, 0.2) is 53.6 Å². The molecule has 31 heavy (non-hydrogen) atoms. The lowest BCUT2D eigenvalue weighted by molar-refractivity contribution is -0.133. The van der Waals surface area contributed by atoms with E-state index in [1.54, 1.807) is 26.3 Å². The van der Waals surface area contributed by atoms with Crippen LogP contribution < -0.4 is 10.1 Å². The Morgan fingerprint density at radius 1 is 1.19 bits per heavy atom. The van der Waals surface area contributed by atoms with Crippen LogP contribution in [0.1, 0.15) is 36.9 Å². The smallest absolute Gasteiger partial charge is 0.317 e. The van der Waals surface area contributed by atoms with Crippen LogP contribution in [0.4, 0.5) is 9.18 Å². The SMILES string of the molecule is CCCNC(=O)N(C)CC(=O)N1N=C(c2ccc(OC)cc2)C[C@H]1c1ccc(F)cc1. The van der Waals surface area contributed by atoms with Crippen molar-refractivity contribution in [2.75, 3.05) is 27.2 Å². The summed E-state index contributed by atoms with van der Waals surface area (Å²) in [6.07, 6.45) is 1.29. The number of methoxy groups -OCH3 is 1. The van der Waals surface area contributed by atoms with Gasteiger partial charge in [0.2, 0.25) is 0 Å². The molecule has 3 amide bonds. The number of carbonyl (C=O) groups excluding carboxylic acids is 2. The lowest BCUT2D eigenvalue weighted by atomic mass is 9.98. The molecule has 1 N–H and O–H groups in total. The summed E-state index contributed by atoms with van der Waals surface area (Å²) < 4.78 is 18.6. The Hall–Kier alpha value is -3.42. The molecular weight excluding hydrogens is 399 g/mol. The number of nitrogens with one attached hydrogen (secondary N) is 1. The average molecular weight is 426 g/mol. The molecule has 0 aliphatic carbocycles. The molecule has 0 saturated carbocycles. The number of carbonyl (C=O) groups is 2. The molecule has 1 aliphatic heterocycles. The van der Waals surface area contributed by atoms with Gasteiger partial charge >= 0.3 is 6.03 Å². The van der Waals surface area contributed by atoms with Crippen molar-refractivity contribution >= 4 is 17.6 Å². The minimum atomic E-state index is -0.377. The van der Waals surface area contributed by atoms with Gasteiger partial charge in [-0.05, 0) is 53.9 Å². The molecule has 8 heteroatoms. The number of benzene rings is 2. The molecule has 3 rings (SSSR count). The Labute approximate surface area is 181 Å². The second-order valence-electron chi connectivity index (χ2n) is 7.37. The summed E-state index contributed by atoms with van der Waals surface area (Å²) in [4.78, 5) is 26.5. The lowest BCUT2D eigenvalue weighted by Gasteiger charge is -2.25. The molecule has 2 aromatic carbocycles. The number of hydrogen-bond acceptors (Lipinski definition) is 4. The first-order valence-corrected chi connectivity index (χ1v) is 10.2. The van der Waals surface area contributed by atoms with Gasteiger partial charge in [0.1, 0.15) is 18.1 Å². The summed E-state index contributed by atoms with van der Waals surface area (Å²) in [7, 11) is 3.17. The van der Waals surface area contributed by atoms with Crippen molar-refractivity contribution in [2.24, 2.45) is 5.10 Å². The summed E-state index contributed by atoms with van der Waals surface area (Å²) in [5, 5.41) is 8.72. The third kappa shape index (κ3) is 5.39. The Balaban J connectivity index is 1.83. The van der Waals surface area contributed by atoms with Crippen LogP contribution in [0, 0.1) is 5.82 Å². The maximum Gasteiger partial charge on any atom is 0.317 e. The van der Waals surface area contributed by atoms with Crippen molar-refractivity contribution in [3.05, 3.63) is 65.5 Å². The molecular formula is C23H27FN4O3. The average Bonchev–Trinajstić information content (AvgIpc) is 3.23. The molecule has 0 bridgehead atoms. The van der Waals surface area contributed by atoms with Crippen LogP contribution in [0.2, 0.25) is 0 Å². The highest BCUT2D eigenvalue weighted by atomic mass is 19.1. The van der Waals surface area contributed by atoms with Crippen molar-refractivity contribution < 1.29 is 18.7 Å². The standard InChI is InChI=1S/C23H27FN4O3/c1-4-13-25-23(30)27(2)15-22(29)28-21(17-5-9-18(24)10-6-17)14-20(26-28)16-7-11-19(31-3)12-8-16/h5-12,21H,4,13-15H2,1-3H3,(H,25,30)/t21-/m0/s1. The zero-order chi connectivity index (χ0) is 22.4. The fourth-order valence-corrected chi connectivity index (χ4v) is 3.36. The maximum absolute atomic E-state index is 13.4. The van der Waals surface area contributed by atoms with E-state index >= 15 is 0 Å².